The average molecular weight is 261 g/mol. The molecule has 1 fully saturated rings. The van der Waals surface area contributed by atoms with Crippen LogP contribution in [0.4, 0.5) is 4.79 Å². The van der Waals surface area contributed by atoms with Gasteiger partial charge in [-0.15, -0.1) is 0 Å². The molecule has 0 radical (unpaired) electrons. The van der Waals surface area contributed by atoms with Crippen molar-refractivity contribution in [2.24, 2.45) is 0 Å². The molecule has 0 spiro atoms. The Bertz CT molecular complexity index is 386. The van der Waals surface area contributed by atoms with Crippen molar-refractivity contribution < 1.29 is 4.79 Å². The predicted octanol–water partition coefficient (Wildman–Crippen LogP) is 1.58. The highest BCUT2D eigenvalue weighted by molar-refractivity contribution is 5.74. The SMILES string of the molecule is CN1CCN(C(=O)NCCCc2ccccc2)CC1. The van der Waals surface area contributed by atoms with Crippen LogP contribution in [-0.2, 0) is 6.42 Å². The van der Waals surface area contributed by atoms with Crippen molar-refractivity contribution in [3.63, 3.8) is 0 Å². The van der Waals surface area contributed by atoms with Gasteiger partial charge in [-0.25, -0.2) is 4.79 Å². The lowest BCUT2D eigenvalue weighted by molar-refractivity contribution is 0.154. The molecule has 2 rings (SSSR count). The number of nitrogens with zero attached hydrogens (tertiary/aromatic N) is 2. The molecule has 1 aliphatic rings. The minimum Gasteiger partial charge on any atom is -0.338 e. The Kier molecular flexibility index (Phi) is 5.21. The molecule has 0 saturated carbocycles. The fourth-order valence-corrected chi connectivity index (χ4v) is 2.25. The summed E-state index contributed by atoms with van der Waals surface area (Å²) in [7, 11) is 2.09. The monoisotopic (exact) mass is 261 g/mol. The van der Waals surface area contributed by atoms with Crippen molar-refractivity contribution in [2.75, 3.05) is 39.8 Å². The highest BCUT2D eigenvalue weighted by atomic mass is 16.2. The predicted molar refractivity (Wildman–Crippen MR) is 77.2 cm³/mol. The number of hydrogen-bond acceptors (Lipinski definition) is 2. The molecule has 0 unspecified atom stereocenters. The van der Waals surface area contributed by atoms with Gasteiger partial charge < -0.3 is 15.1 Å². The van der Waals surface area contributed by atoms with Gasteiger partial charge in [-0.1, -0.05) is 30.3 Å². The number of likely N-dealkylation sites (N-methyl/N-ethyl adjacent to an activating group) is 1. The van der Waals surface area contributed by atoms with E-state index in [1.54, 1.807) is 0 Å². The van der Waals surface area contributed by atoms with Crippen LogP contribution in [0.25, 0.3) is 0 Å². The van der Waals surface area contributed by atoms with Gasteiger partial charge in [-0.05, 0) is 25.5 Å². The third-order valence-electron chi connectivity index (χ3n) is 3.55. The van der Waals surface area contributed by atoms with E-state index in [1.165, 1.54) is 5.56 Å². The molecule has 1 saturated heterocycles. The zero-order valence-corrected chi connectivity index (χ0v) is 11.6. The summed E-state index contributed by atoms with van der Waals surface area (Å²) in [6, 6.07) is 10.5. The van der Waals surface area contributed by atoms with Crippen molar-refractivity contribution in [3.05, 3.63) is 35.9 Å². The van der Waals surface area contributed by atoms with Crippen molar-refractivity contribution in [2.45, 2.75) is 12.8 Å². The van der Waals surface area contributed by atoms with Crippen molar-refractivity contribution in [3.8, 4) is 0 Å². The Hall–Kier alpha value is -1.55. The van der Waals surface area contributed by atoms with E-state index in [4.69, 9.17) is 0 Å². The van der Waals surface area contributed by atoms with E-state index in [2.05, 4.69) is 41.5 Å². The van der Waals surface area contributed by atoms with Gasteiger partial charge in [0.15, 0.2) is 0 Å². The number of hydrogen-bond donors (Lipinski definition) is 1. The zero-order chi connectivity index (χ0) is 13.5. The Morgan fingerprint density at radius 3 is 2.53 bits per heavy atom. The van der Waals surface area contributed by atoms with Gasteiger partial charge in [-0.3, -0.25) is 0 Å². The van der Waals surface area contributed by atoms with Crippen LogP contribution in [0.5, 0.6) is 0 Å². The Labute approximate surface area is 115 Å². The summed E-state index contributed by atoms with van der Waals surface area (Å²) in [6.07, 6.45) is 2.01. The molecule has 0 aromatic heterocycles. The molecule has 1 heterocycles. The maximum Gasteiger partial charge on any atom is 0.317 e. The summed E-state index contributed by atoms with van der Waals surface area (Å²) in [5, 5.41) is 3.01. The molecule has 1 aromatic rings. The van der Waals surface area contributed by atoms with E-state index >= 15 is 0 Å². The molecule has 1 N–H and O–H groups in total. The van der Waals surface area contributed by atoms with Crippen LogP contribution in [0.2, 0.25) is 0 Å². The molecular formula is C15H23N3O. The fraction of sp³-hybridized carbons (Fsp3) is 0.533. The van der Waals surface area contributed by atoms with Crippen LogP contribution >= 0.6 is 0 Å². The number of aryl methyl sites for hydroxylation is 1. The van der Waals surface area contributed by atoms with Crippen LogP contribution in [0, 0.1) is 0 Å². The summed E-state index contributed by atoms with van der Waals surface area (Å²) < 4.78 is 0. The number of benzene rings is 1. The minimum absolute atomic E-state index is 0.0844. The van der Waals surface area contributed by atoms with Gasteiger partial charge in [0.05, 0.1) is 0 Å². The highest BCUT2D eigenvalue weighted by Gasteiger charge is 2.17. The van der Waals surface area contributed by atoms with Crippen LogP contribution in [0.3, 0.4) is 0 Å². The zero-order valence-electron chi connectivity index (χ0n) is 11.6. The van der Waals surface area contributed by atoms with Gasteiger partial charge in [0.1, 0.15) is 0 Å². The first-order chi connectivity index (χ1) is 9.25. The summed E-state index contributed by atoms with van der Waals surface area (Å²) >= 11 is 0. The molecule has 4 nitrogen and oxygen atoms in total. The van der Waals surface area contributed by atoms with E-state index in [-0.39, 0.29) is 6.03 Å². The maximum absolute atomic E-state index is 11.9. The molecule has 19 heavy (non-hydrogen) atoms. The molecule has 104 valence electrons. The summed E-state index contributed by atoms with van der Waals surface area (Å²) in [4.78, 5) is 16.1. The van der Waals surface area contributed by atoms with E-state index in [0.717, 1.165) is 45.6 Å². The Balaban J connectivity index is 1.61. The second-order valence-electron chi connectivity index (χ2n) is 5.11. The largest absolute Gasteiger partial charge is 0.338 e. The first-order valence-electron chi connectivity index (χ1n) is 7.01. The quantitative estimate of drug-likeness (QED) is 0.835. The van der Waals surface area contributed by atoms with Gasteiger partial charge >= 0.3 is 6.03 Å². The lowest BCUT2D eigenvalue weighted by atomic mass is 10.1. The van der Waals surface area contributed by atoms with Crippen LogP contribution < -0.4 is 5.32 Å². The number of nitrogens with one attached hydrogen (secondary N) is 1. The number of carbonyl (C=O) groups excluding carboxylic acids is 1. The van der Waals surface area contributed by atoms with E-state index in [9.17, 15) is 4.79 Å². The van der Waals surface area contributed by atoms with Crippen molar-refractivity contribution in [1.29, 1.82) is 0 Å². The van der Waals surface area contributed by atoms with E-state index in [1.807, 2.05) is 11.0 Å². The highest BCUT2D eigenvalue weighted by Crippen LogP contribution is 2.02. The first kappa shape index (κ1) is 13.9. The normalized spacial score (nSPS) is 16.4. The third-order valence-corrected chi connectivity index (χ3v) is 3.55. The minimum atomic E-state index is 0.0844. The molecule has 1 aromatic carbocycles. The average Bonchev–Trinajstić information content (AvgIpc) is 2.45. The van der Waals surface area contributed by atoms with Gasteiger partial charge in [0, 0.05) is 32.7 Å². The van der Waals surface area contributed by atoms with E-state index in [0.29, 0.717) is 0 Å². The van der Waals surface area contributed by atoms with E-state index < -0.39 is 0 Å². The van der Waals surface area contributed by atoms with Crippen molar-refractivity contribution >= 4 is 6.03 Å². The Morgan fingerprint density at radius 2 is 1.84 bits per heavy atom. The smallest absolute Gasteiger partial charge is 0.317 e. The summed E-state index contributed by atoms with van der Waals surface area (Å²) in [6.45, 7) is 4.36. The molecule has 4 heteroatoms. The van der Waals surface area contributed by atoms with Gasteiger partial charge in [0.25, 0.3) is 0 Å². The number of carbonyl (C=O) groups is 1. The van der Waals surface area contributed by atoms with Crippen LogP contribution in [-0.4, -0.2) is 55.6 Å². The third kappa shape index (κ3) is 4.56. The van der Waals surface area contributed by atoms with Crippen molar-refractivity contribution in [1.82, 2.24) is 15.1 Å². The number of amides is 2. The van der Waals surface area contributed by atoms with Crippen LogP contribution in [0.1, 0.15) is 12.0 Å². The molecule has 0 aliphatic carbocycles. The second-order valence-corrected chi connectivity index (χ2v) is 5.11. The molecule has 0 atom stereocenters. The fourth-order valence-electron chi connectivity index (χ4n) is 2.25. The lowest BCUT2D eigenvalue weighted by Crippen LogP contribution is -2.50. The second kappa shape index (κ2) is 7.14. The molecular weight excluding hydrogens is 238 g/mol. The van der Waals surface area contributed by atoms with Gasteiger partial charge in [-0.2, -0.15) is 0 Å². The summed E-state index contributed by atoms with van der Waals surface area (Å²) in [5.74, 6) is 0. The van der Waals surface area contributed by atoms with Gasteiger partial charge in [0.2, 0.25) is 0 Å². The molecule has 2 amide bonds. The number of rotatable bonds is 4. The Morgan fingerprint density at radius 1 is 1.16 bits per heavy atom. The van der Waals surface area contributed by atoms with Crippen LogP contribution in [0.15, 0.2) is 30.3 Å². The number of urea groups is 1. The maximum atomic E-state index is 11.9. The summed E-state index contributed by atoms with van der Waals surface area (Å²) in [5.41, 5.74) is 1.33. The number of piperazine rings is 1. The first-order valence-corrected chi connectivity index (χ1v) is 7.01. The standard InChI is InChI=1S/C15H23N3O/c1-17-10-12-18(13-11-17)15(19)16-9-5-8-14-6-3-2-4-7-14/h2-4,6-7H,5,8-13H2,1H3,(H,16,19). The topological polar surface area (TPSA) is 35.6 Å². The molecule has 0 bridgehead atoms. The molecule has 1 aliphatic heterocycles. The lowest BCUT2D eigenvalue weighted by Gasteiger charge is -2.32.